The van der Waals surface area contributed by atoms with E-state index >= 15 is 0 Å². The second-order valence-corrected chi connectivity index (χ2v) is 8.20. The first-order chi connectivity index (χ1) is 14.8. The summed E-state index contributed by atoms with van der Waals surface area (Å²) in [5.41, 5.74) is 1.63. The molecule has 2 aromatic rings. The van der Waals surface area contributed by atoms with Gasteiger partial charge in [0.15, 0.2) is 5.69 Å². The third kappa shape index (κ3) is 8.65. The Balaban J connectivity index is 1.89. The van der Waals surface area contributed by atoms with Crippen molar-refractivity contribution in [3.63, 3.8) is 0 Å². The minimum Gasteiger partial charge on any atom is -0.464 e. The summed E-state index contributed by atoms with van der Waals surface area (Å²) in [5.74, 6) is 4.85. The Bertz CT molecular complexity index is 917. The van der Waals surface area contributed by atoms with Gasteiger partial charge in [0.2, 0.25) is 0 Å². The van der Waals surface area contributed by atoms with Gasteiger partial charge in [-0.3, -0.25) is 9.36 Å². The summed E-state index contributed by atoms with van der Waals surface area (Å²) in [6.07, 6.45) is 2.84. The minimum atomic E-state index is -0.538. The molecule has 0 spiro atoms. The average Bonchev–Trinajstić information content (AvgIpc) is 3.15. The van der Waals surface area contributed by atoms with Gasteiger partial charge in [0, 0.05) is 13.0 Å². The molecule has 0 unspecified atom stereocenters. The van der Waals surface area contributed by atoms with Crippen molar-refractivity contribution in [3.05, 3.63) is 53.6 Å². The number of aromatic nitrogens is 2. The number of hydrogen-bond acceptors (Lipinski definition) is 6. The third-order valence-electron chi connectivity index (χ3n) is 4.35. The number of rotatable bonds is 9. The van der Waals surface area contributed by atoms with Crippen molar-refractivity contribution in [1.29, 1.82) is 0 Å². The molecule has 1 aromatic carbocycles. The average molecular weight is 427 g/mol. The number of ether oxygens (including phenoxy) is 3. The van der Waals surface area contributed by atoms with Crippen molar-refractivity contribution in [3.8, 4) is 11.8 Å². The lowest BCUT2D eigenvalue weighted by Crippen LogP contribution is -2.15. The number of imidazole rings is 1. The Hall–Kier alpha value is -3.11. The molecule has 1 heterocycles. The van der Waals surface area contributed by atoms with Crippen LogP contribution >= 0.6 is 0 Å². The highest BCUT2D eigenvalue weighted by molar-refractivity contribution is 5.90. The molecule has 1 aromatic heterocycles. The normalized spacial score (nSPS) is 10.8. The highest BCUT2D eigenvalue weighted by atomic mass is 16.5. The highest BCUT2D eigenvalue weighted by Gasteiger charge is 2.18. The molecule has 0 aliphatic carbocycles. The monoisotopic (exact) mass is 426 g/mol. The van der Waals surface area contributed by atoms with E-state index in [9.17, 15) is 9.59 Å². The minimum absolute atomic E-state index is 0.157. The lowest BCUT2D eigenvalue weighted by atomic mass is 9.93. The summed E-state index contributed by atoms with van der Waals surface area (Å²) in [6.45, 7) is 7.39. The molecule has 0 radical (unpaired) electrons. The number of hydrogen-bond donors (Lipinski definition) is 0. The van der Waals surface area contributed by atoms with Gasteiger partial charge in [-0.15, -0.1) is 0 Å². The third-order valence-corrected chi connectivity index (χ3v) is 4.35. The molecule has 0 aliphatic rings. The molecule has 2 rings (SSSR count). The van der Waals surface area contributed by atoms with Gasteiger partial charge in [0.25, 0.3) is 0 Å². The predicted octanol–water partition coefficient (Wildman–Crippen LogP) is 3.96. The molecule has 0 N–H and O–H groups in total. The van der Waals surface area contributed by atoms with Gasteiger partial charge < -0.3 is 14.2 Å². The van der Waals surface area contributed by atoms with E-state index in [0.717, 1.165) is 12.0 Å². The van der Waals surface area contributed by atoms with Gasteiger partial charge in [-0.05, 0) is 23.3 Å². The molecular formula is C24H30N2O5. The maximum atomic E-state index is 12.2. The van der Waals surface area contributed by atoms with Crippen molar-refractivity contribution in [2.75, 3.05) is 13.7 Å². The van der Waals surface area contributed by atoms with Crippen LogP contribution in [0.2, 0.25) is 0 Å². The SMILES string of the molecule is COC(=O)c1c(C#CCCC(=O)OCc2ccccc2)ncn1COCCC(C)(C)C. The Labute approximate surface area is 183 Å². The van der Waals surface area contributed by atoms with Gasteiger partial charge in [0.05, 0.1) is 19.9 Å². The summed E-state index contributed by atoms with van der Waals surface area (Å²) < 4.78 is 17.3. The standard InChI is InChI=1S/C24H30N2O5/c1-24(2,3)14-15-30-18-26-17-25-20(22(26)23(28)29-4)12-8-9-13-21(27)31-16-19-10-6-5-7-11-19/h5-7,10-11,17H,9,13-16,18H2,1-4H3. The number of methoxy groups -OCH3 is 1. The van der Waals surface area contributed by atoms with Crippen molar-refractivity contribution in [2.24, 2.45) is 5.41 Å². The predicted molar refractivity (Wildman–Crippen MR) is 116 cm³/mol. The first-order valence-corrected chi connectivity index (χ1v) is 10.2. The van der Waals surface area contributed by atoms with Crippen LogP contribution in [0.5, 0.6) is 0 Å². The first-order valence-electron chi connectivity index (χ1n) is 10.2. The molecule has 0 aliphatic heterocycles. The molecule has 0 saturated carbocycles. The lowest BCUT2D eigenvalue weighted by molar-refractivity contribution is -0.144. The van der Waals surface area contributed by atoms with Crippen LogP contribution in [0, 0.1) is 17.3 Å². The molecule has 7 heteroatoms. The summed E-state index contributed by atoms with van der Waals surface area (Å²) >= 11 is 0. The molecule has 0 saturated heterocycles. The summed E-state index contributed by atoms with van der Waals surface area (Å²) in [4.78, 5) is 28.3. The Morgan fingerprint density at radius 2 is 1.90 bits per heavy atom. The van der Waals surface area contributed by atoms with Gasteiger partial charge in [-0.2, -0.15) is 0 Å². The van der Waals surface area contributed by atoms with Crippen LogP contribution in [-0.2, 0) is 32.3 Å². The van der Waals surface area contributed by atoms with Crippen LogP contribution in [0.15, 0.2) is 36.7 Å². The van der Waals surface area contributed by atoms with E-state index in [1.807, 2.05) is 30.3 Å². The van der Waals surface area contributed by atoms with Gasteiger partial charge in [-0.1, -0.05) is 57.0 Å². The zero-order valence-corrected chi connectivity index (χ0v) is 18.6. The van der Waals surface area contributed by atoms with Crippen LogP contribution in [0.1, 0.15) is 61.8 Å². The molecule has 0 fully saturated rings. The number of esters is 2. The van der Waals surface area contributed by atoms with Crippen molar-refractivity contribution >= 4 is 11.9 Å². The maximum Gasteiger partial charge on any atom is 0.357 e. The second kappa shape index (κ2) is 11.9. The maximum absolute atomic E-state index is 12.2. The Morgan fingerprint density at radius 1 is 1.16 bits per heavy atom. The van der Waals surface area contributed by atoms with E-state index in [4.69, 9.17) is 14.2 Å². The van der Waals surface area contributed by atoms with Gasteiger partial charge in [0.1, 0.15) is 19.0 Å². The van der Waals surface area contributed by atoms with Crippen molar-refractivity contribution < 1.29 is 23.8 Å². The number of benzene rings is 1. The molecule has 7 nitrogen and oxygen atoms in total. The van der Waals surface area contributed by atoms with E-state index in [1.54, 1.807) is 4.57 Å². The number of carbonyl (C=O) groups excluding carboxylic acids is 2. The van der Waals surface area contributed by atoms with Crippen LogP contribution in [0.4, 0.5) is 0 Å². The van der Waals surface area contributed by atoms with E-state index < -0.39 is 5.97 Å². The van der Waals surface area contributed by atoms with E-state index in [1.165, 1.54) is 13.4 Å². The summed E-state index contributed by atoms with van der Waals surface area (Å²) in [6, 6.07) is 9.47. The van der Waals surface area contributed by atoms with Gasteiger partial charge in [-0.25, -0.2) is 9.78 Å². The highest BCUT2D eigenvalue weighted by Crippen LogP contribution is 2.18. The molecular weight excluding hydrogens is 396 g/mol. The van der Waals surface area contributed by atoms with Crippen LogP contribution < -0.4 is 0 Å². The molecule has 0 amide bonds. The second-order valence-electron chi connectivity index (χ2n) is 8.20. The largest absolute Gasteiger partial charge is 0.464 e. The van der Waals surface area contributed by atoms with E-state index in [2.05, 4.69) is 37.6 Å². The fraction of sp³-hybridized carbons (Fsp3) is 0.458. The first kappa shape index (κ1) is 24.2. The zero-order valence-electron chi connectivity index (χ0n) is 18.6. The number of nitrogens with zero attached hydrogens (tertiary/aromatic N) is 2. The summed E-state index contributed by atoms with van der Waals surface area (Å²) in [7, 11) is 1.31. The van der Waals surface area contributed by atoms with E-state index in [0.29, 0.717) is 18.7 Å². The van der Waals surface area contributed by atoms with Crippen LogP contribution in [0.25, 0.3) is 0 Å². The molecule has 166 valence electrons. The van der Waals surface area contributed by atoms with Crippen molar-refractivity contribution in [1.82, 2.24) is 9.55 Å². The smallest absolute Gasteiger partial charge is 0.357 e. The Morgan fingerprint density at radius 3 is 2.58 bits per heavy atom. The van der Waals surface area contributed by atoms with Crippen molar-refractivity contribution in [2.45, 2.75) is 53.4 Å². The molecule has 0 atom stereocenters. The zero-order chi connectivity index (χ0) is 22.7. The van der Waals surface area contributed by atoms with Crippen LogP contribution in [-0.4, -0.2) is 35.2 Å². The van der Waals surface area contributed by atoms with Gasteiger partial charge >= 0.3 is 11.9 Å². The van der Waals surface area contributed by atoms with E-state index in [-0.39, 0.29) is 36.8 Å². The summed E-state index contributed by atoms with van der Waals surface area (Å²) in [5, 5.41) is 0. The lowest BCUT2D eigenvalue weighted by Gasteiger charge is -2.18. The molecule has 0 bridgehead atoms. The van der Waals surface area contributed by atoms with Crippen LogP contribution in [0.3, 0.4) is 0 Å². The Kier molecular flexibility index (Phi) is 9.29. The fourth-order valence-electron chi connectivity index (χ4n) is 2.54. The number of carbonyl (C=O) groups is 2. The topological polar surface area (TPSA) is 79.7 Å². The fourth-order valence-corrected chi connectivity index (χ4v) is 2.54. The quantitative estimate of drug-likeness (QED) is 0.343. The molecule has 31 heavy (non-hydrogen) atoms.